The summed E-state index contributed by atoms with van der Waals surface area (Å²) in [4.78, 5) is 12.7. The molecule has 4 nitrogen and oxygen atoms in total. The Labute approximate surface area is 135 Å². The molecule has 2 saturated heterocycles. The zero-order valence-corrected chi connectivity index (χ0v) is 13.5. The Morgan fingerprint density at radius 1 is 1.43 bits per heavy atom. The number of rotatable bonds is 1. The van der Waals surface area contributed by atoms with Gasteiger partial charge in [-0.3, -0.25) is 4.79 Å². The fraction of sp³-hybridized carbons (Fsp3) is 0.526. The highest BCUT2D eigenvalue weighted by Gasteiger charge is 2.69. The number of esters is 1. The molecule has 2 bridgehead atoms. The van der Waals surface area contributed by atoms with E-state index >= 15 is 0 Å². The van der Waals surface area contributed by atoms with E-state index in [1.807, 2.05) is 19.1 Å². The molecule has 23 heavy (non-hydrogen) atoms. The van der Waals surface area contributed by atoms with Crippen molar-refractivity contribution in [2.45, 2.75) is 38.4 Å². The van der Waals surface area contributed by atoms with E-state index in [1.54, 1.807) is 7.11 Å². The molecule has 3 fully saturated rings. The summed E-state index contributed by atoms with van der Waals surface area (Å²) < 4.78 is 11.2. The van der Waals surface area contributed by atoms with Crippen LogP contribution in [0.3, 0.4) is 0 Å². The SMILES string of the molecule is COc1cc2c3c(c1C)C[C@H]1[C@@H]3[C@]3(C=C2)C(=O)O[C@H]1C(O)C3C. The number of fused-ring (bicyclic) bond motifs is 2. The Hall–Kier alpha value is -1.81. The van der Waals surface area contributed by atoms with Crippen molar-refractivity contribution in [1.82, 2.24) is 0 Å². The molecule has 1 saturated carbocycles. The van der Waals surface area contributed by atoms with Crippen molar-refractivity contribution in [3.8, 4) is 5.75 Å². The van der Waals surface area contributed by atoms with Gasteiger partial charge in [-0.25, -0.2) is 0 Å². The van der Waals surface area contributed by atoms with E-state index in [-0.39, 0.29) is 29.8 Å². The van der Waals surface area contributed by atoms with Crippen molar-refractivity contribution in [3.63, 3.8) is 0 Å². The largest absolute Gasteiger partial charge is 0.496 e. The predicted octanol–water partition coefficient (Wildman–Crippen LogP) is 2.21. The predicted molar refractivity (Wildman–Crippen MR) is 84.2 cm³/mol. The molecule has 120 valence electrons. The number of ether oxygens (including phenoxy) is 2. The lowest BCUT2D eigenvalue weighted by Gasteiger charge is -2.58. The van der Waals surface area contributed by atoms with Crippen LogP contribution >= 0.6 is 0 Å². The molecular formula is C19H20O4. The average molecular weight is 312 g/mol. The number of carbonyl (C=O) groups excluding carboxylic acids is 1. The maximum atomic E-state index is 12.7. The van der Waals surface area contributed by atoms with E-state index in [0.717, 1.165) is 23.3 Å². The van der Waals surface area contributed by atoms with Crippen molar-refractivity contribution in [2.75, 3.05) is 7.11 Å². The molecule has 5 aliphatic rings. The summed E-state index contributed by atoms with van der Waals surface area (Å²) in [6.07, 6.45) is 3.89. The summed E-state index contributed by atoms with van der Waals surface area (Å²) in [5.74, 6) is 0.916. The van der Waals surface area contributed by atoms with E-state index in [1.165, 1.54) is 11.1 Å². The van der Waals surface area contributed by atoms with Crippen LogP contribution in [0, 0.1) is 24.2 Å². The summed E-state index contributed by atoms with van der Waals surface area (Å²) in [6, 6.07) is 2.08. The van der Waals surface area contributed by atoms with Gasteiger partial charge in [0.05, 0.1) is 18.6 Å². The van der Waals surface area contributed by atoms with Gasteiger partial charge in [-0.05, 0) is 41.7 Å². The molecule has 1 N–H and O–H groups in total. The van der Waals surface area contributed by atoms with Gasteiger partial charge in [0, 0.05) is 17.8 Å². The molecule has 2 aliphatic heterocycles. The Morgan fingerprint density at radius 3 is 2.96 bits per heavy atom. The van der Waals surface area contributed by atoms with Crippen LogP contribution in [0.15, 0.2) is 12.1 Å². The molecule has 4 heteroatoms. The molecular weight excluding hydrogens is 292 g/mol. The van der Waals surface area contributed by atoms with Crippen molar-refractivity contribution >= 4 is 12.0 Å². The standard InChI is InChI=1S/C19H20O4/c1-8-11-7-12-15-14(11)10(6-13(8)22-3)4-5-19(15)9(2)16(20)17(12)23-18(19)21/h4-6,9,12,15-17,20H,7H2,1-3H3/t9?,12-,15-,16?,17+,19+/m0/s1. The minimum atomic E-state index is -0.710. The first-order valence-electron chi connectivity index (χ1n) is 8.29. The highest BCUT2D eigenvalue weighted by Crippen LogP contribution is 2.66. The van der Waals surface area contributed by atoms with Gasteiger partial charge in [0.2, 0.25) is 0 Å². The van der Waals surface area contributed by atoms with E-state index in [0.29, 0.717) is 0 Å². The number of methoxy groups -OCH3 is 1. The first-order chi connectivity index (χ1) is 11.0. The van der Waals surface area contributed by atoms with Crippen molar-refractivity contribution in [2.24, 2.45) is 17.3 Å². The smallest absolute Gasteiger partial charge is 0.317 e. The van der Waals surface area contributed by atoms with Gasteiger partial charge in [-0.1, -0.05) is 19.1 Å². The Kier molecular flexibility index (Phi) is 2.36. The zero-order valence-electron chi connectivity index (χ0n) is 13.5. The highest BCUT2D eigenvalue weighted by atomic mass is 16.6. The van der Waals surface area contributed by atoms with E-state index in [2.05, 4.69) is 13.0 Å². The molecule has 6 rings (SSSR count). The number of benzene rings is 1. The Bertz CT molecular complexity index is 780. The van der Waals surface area contributed by atoms with E-state index in [9.17, 15) is 9.90 Å². The average Bonchev–Trinajstić information content (AvgIpc) is 2.96. The number of hydrogen-bond acceptors (Lipinski definition) is 4. The maximum Gasteiger partial charge on any atom is 0.317 e. The molecule has 0 amide bonds. The summed E-state index contributed by atoms with van der Waals surface area (Å²) in [7, 11) is 1.69. The number of aliphatic hydroxyl groups is 1. The number of aliphatic hydroxyl groups excluding tert-OH is 1. The van der Waals surface area contributed by atoms with Crippen LogP contribution in [-0.4, -0.2) is 30.4 Å². The monoisotopic (exact) mass is 312 g/mol. The third-order valence-electron chi connectivity index (χ3n) is 6.82. The molecule has 0 aromatic heterocycles. The molecule has 2 heterocycles. The van der Waals surface area contributed by atoms with Gasteiger partial charge in [0.15, 0.2) is 0 Å². The Morgan fingerprint density at radius 2 is 2.22 bits per heavy atom. The van der Waals surface area contributed by atoms with E-state index in [4.69, 9.17) is 9.47 Å². The van der Waals surface area contributed by atoms with Crippen molar-refractivity contribution in [1.29, 1.82) is 0 Å². The maximum absolute atomic E-state index is 12.7. The van der Waals surface area contributed by atoms with Gasteiger partial charge in [-0.2, -0.15) is 0 Å². The highest BCUT2D eigenvalue weighted by molar-refractivity contribution is 5.88. The lowest BCUT2D eigenvalue weighted by Crippen LogP contribution is -2.66. The topological polar surface area (TPSA) is 55.8 Å². The van der Waals surface area contributed by atoms with Gasteiger partial charge in [-0.15, -0.1) is 0 Å². The minimum Gasteiger partial charge on any atom is -0.496 e. The lowest BCUT2D eigenvalue weighted by atomic mass is 9.51. The molecule has 1 aromatic rings. The van der Waals surface area contributed by atoms with Crippen molar-refractivity contribution in [3.05, 3.63) is 34.4 Å². The second-order valence-electron chi connectivity index (χ2n) is 7.45. The van der Waals surface area contributed by atoms with Crippen LogP contribution in [0.4, 0.5) is 0 Å². The zero-order chi connectivity index (χ0) is 16.1. The first kappa shape index (κ1) is 13.6. The van der Waals surface area contributed by atoms with Gasteiger partial charge in [0.1, 0.15) is 11.9 Å². The Balaban J connectivity index is 1.83. The summed E-state index contributed by atoms with van der Waals surface area (Å²) in [5, 5.41) is 10.7. The lowest BCUT2D eigenvalue weighted by molar-refractivity contribution is -0.224. The summed E-state index contributed by atoms with van der Waals surface area (Å²) >= 11 is 0. The van der Waals surface area contributed by atoms with Crippen molar-refractivity contribution < 1.29 is 19.4 Å². The third kappa shape index (κ3) is 1.28. The van der Waals surface area contributed by atoms with Gasteiger partial charge in [0.25, 0.3) is 0 Å². The molecule has 2 unspecified atom stereocenters. The normalized spacial score (nSPS) is 41.7. The quantitative estimate of drug-likeness (QED) is 0.808. The fourth-order valence-corrected chi connectivity index (χ4v) is 5.65. The van der Waals surface area contributed by atoms with Gasteiger partial charge >= 0.3 is 5.97 Å². The molecule has 1 aromatic carbocycles. The fourth-order valence-electron chi connectivity index (χ4n) is 5.65. The van der Waals surface area contributed by atoms with Crippen LogP contribution < -0.4 is 4.74 Å². The molecule has 3 aliphatic carbocycles. The molecule has 1 spiro atoms. The number of hydrogen-bond donors (Lipinski definition) is 1. The second kappa shape index (κ2) is 3.99. The molecule has 0 radical (unpaired) electrons. The molecule has 6 atom stereocenters. The summed E-state index contributed by atoms with van der Waals surface area (Å²) in [5.41, 5.74) is 4.17. The second-order valence-corrected chi connectivity index (χ2v) is 7.45. The summed E-state index contributed by atoms with van der Waals surface area (Å²) in [6.45, 7) is 4.07. The first-order valence-corrected chi connectivity index (χ1v) is 8.29. The third-order valence-corrected chi connectivity index (χ3v) is 6.82. The van der Waals surface area contributed by atoms with Crippen LogP contribution in [0.25, 0.3) is 6.08 Å². The van der Waals surface area contributed by atoms with Crippen LogP contribution in [0.5, 0.6) is 5.75 Å². The van der Waals surface area contributed by atoms with Crippen LogP contribution in [0.2, 0.25) is 0 Å². The van der Waals surface area contributed by atoms with Crippen LogP contribution in [-0.2, 0) is 16.0 Å². The van der Waals surface area contributed by atoms with Gasteiger partial charge < -0.3 is 14.6 Å². The van der Waals surface area contributed by atoms with E-state index < -0.39 is 11.5 Å². The minimum absolute atomic E-state index is 0.118. The van der Waals surface area contributed by atoms with Crippen LogP contribution in [0.1, 0.15) is 35.1 Å². The number of carbonyl (C=O) groups is 1.